The molecule has 1 aromatic carbocycles. The number of carbonyl (C=O) groups is 1. The van der Waals surface area contributed by atoms with E-state index in [1.54, 1.807) is 7.11 Å². The molecule has 164 valence electrons. The van der Waals surface area contributed by atoms with Gasteiger partial charge in [-0.3, -0.25) is 4.79 Å². The van der Waals surface area contributed by atoms with E-state index in [1.807, 2.05) is 25.1 Å². The number of ether oxygens (including phenoxy) is 2. The van der Waals surface area contributed by atoms with Crippen molar-refractivity contribution >= 4 is 14.3 Å². The van der Waals surface area contributed by atoms with E-state index in [2.05, 4.69) is 33.9 Å². The molecular weight excluding hydrogens is 384 g/mol. The Labute approximate surface area is 176 Å². The van der Waals surface area contributed by atoms with E-state index >= 15 is 0 Å². The predicted octanol–water partition coefficient (Wildman–Crippen LogP) is 5.87. The summed E-state index contributed by atoms with van der Waals surface area (Å²) in [5.41, 5.74) is 1.95. The van der Waals surface area contributed by atoms with Gasteiger partial charge in [0.05, 0.1) is 31.8 Å². The molecule has 0 amide bonds. The van der Waals surface area contributed by atoms with Crippen molar-refractivity contribution < 1.29 is 23.8 Å². The summed E-state index contributed by atoms with van der Waals surface area (Å²) in [6, 6.07) is 5.99. The lowest BCUT2D eigenvalue weighted by atomic mass is 10.00. The fourth-order valence-electron chi connectivity index (χ4n) is 3.54. The van der Waals surface area contributed by atoms with Crippen LogP contribution < -0.4 is 4.74 Å². The third-order valence-electron chi connectivity index (χ3n) is 6.37. The van der Waals surface area contributed by atoms with E-state index in [0.717, 1.165) is 42.6 Å². The highest BCUT2D eigenvalue weighted by atomic mass is 28.4. The molecule has 2 atom stereocenters. The van der Waals surface area contributed by atoms with Crippen LogP contribution in [-0.2, 0) is 14.0 Å². The number of hydrogen-bond acceptors (Lipinski definition) is 4. The van der Waals surface area contributed by atoms with Crippen molar-refractivity contribution in [2.24, 2.45) is 0 Å². The van der Waals surface area contributed by atoms with Gasteiger partial charge in [-0.1, -0.05) is 45.7 Å². The fraction of sp³-hybridized carbons (Fsp3) is 0.696. The molecule has 1 aliphatic rings. The van der Waals surface area contributed by atoms with Gasteiger partial charge in [0.25, 0.3) is 0 Å². The van der Waals surface area contributed by atoms with Crippen molar-refractivity contribution in [1.29, 1.82) is 0 Å². The summed E-state index contributed by atoms with van der Waals surface area (Å²) in [6.07, 6.45) is 3.30. The quantitative estimate of drug-likeness (QED) is 0.504. The standard InChI is InChI=1S/C23H38O5Si/c1-16-12-13-17(14-19(16)26-5)22(28-29(6,7)23(2,3)4)20(15-21(24)25)27-18-10-8-9-11-18/h12-14,18,20,22H,8-11,15H2,1-7H3,(H,24,25)/t20-,22+/m0/s1. The molecule has 0 heterocycles. The molecular formula is C23H38O5Si. The van der Waals surface area contributed by atoms with Crippen LogP contribution in [0.3, 0.4) is 0 Å². The first-order valence-electron chi connectivity index (χ1n) is 10.6. The van der Waals surface area contributed by atoms with Gasteiger partial charge in [0.1, 0.15) is 5.75 Å². The fourth-order valence-corrected chi connectivity index (χ4v) is 4.81. The Morgan fingerprint density at radius 2 is 1.86 bits per heavy atom. The maximum Gasteiger partial charge on any atom is 0.306 e. The molecule has 0 aromatic heterocycles. The van der Waals surface area contributed by atoms with Gasteiger partial charge in [0, 0.05) is 0 Å². The molecule has 6 heteroatoms. The van der Waals surface area contributed by atoms with Gasteiger partial charge in [0.15, 0.2) is 8.32 Å². The Bertz CT molecular complexity index is 689. The van der Waals surface area contributed by atoms with Crippen LogP contribution in [0.25, 0.3) is 0 Å². The molecule has 1 fully saturated rings. The molecule has 29 heavy (non-hydrogen) atoms. The van der Waals surface area contributed by atoms with E-state index in [1.165, 1.54) is 0 Å². The molecule has 0 unspecified atom stereocenters. The number of aliphatic carboxylic acids is 1. The van der Waals surface area contributed by atoms with E-state index in [9.17, 15) is 9.90 Å². The molecule has 0 saturated heterocycles. The number of carboxylic acids is 1. The van der Waals surface area contributed by atoms with Crippen LogP contribution in [-0.4, -0.2) is 38.7 Å². The molecule has 1 aromatic rings. The zero-order chi connectivity index (χ0) is 21.8. The summed E-state index contributed by atoms with van der Waals surface area (Å²) in [5.74, 6) is -0.0859. The van der Waals surface area contributed by atoms with Gasteiger partial charge in [-0.25, -0.2) is 0 Å². The maximum absolute atomic E-state index is 11.7. The second kappa shape index (κ2) is 9.62. The molecule has 0 spiro atoms. The molecule has 1 aliphatic carbocycles. The van der Waals surface area contributed by atoms with Crippen LogP contribution >= 0.6 is 0 Å². The number of hydrogen-bond donors (Lipinski definition) is 1. The molecule has 2 rings (SSSR count). The van der Waals surface area contributed by atoms with Gasteiger partial charge in [-0.05, 0) is 55.1 Å². The summed E-state index contributed by atoms with van der Waals surface area (Å²) in [6.45, 7) is 13.0. The van der Waals surface area contributed by atoms with Crippen molar-refractivity contribution in [3.63, 3.8) is 0 Å². The van der Waals surface area contributed by atoms with Crippen molar-refractivity contribution in [2.45, 2.75) is 96.2 Å². The summed E-state index contributed by atoms with van der Waals surface area (Å²) >= 11 is 0. The van der Waals surface area contributed by atoms with Crippen molar-refractivity contribution in [2.75, 3.05) is 7.11 Å². The minimum Gasteiger partial charge on any atom is -0.496 e. The van der Waals surface area contributed by atoms with Crippen LogP contribution in [0, 0.1) is 6.92 Å². The molecule has 1 saturated carbocycles. The smallest absolute Gasteiger partial charge is 0.306 e. The number of rotatable bonds is 9. The SMILES string of the molecule is COc1cc([C@@H](O[Si](C)(C)C(C)(C)C)[C@H](CC(=O)O)OC2CCCC2)ccc1C. The van der Waals surface area contributed by atoms with Crippen molar-refractivity contribution in [1.82, 2.24) is 0 Å². The topological polar surface area (TPSA) is 65.0 Å². The molecule has 0 radical (unpaired) electrons. The average molecular weight is 423 g/mol. The third kappa shape index (κ3) is 6.30. The first kappa shape index (κ1) is 23.9. The second-order valence-electron chi connectivity index (χ2n) is 9.71. The lowest BCUT2D eigenvalue weighted by Gasteiger charge is -2.42. The zero-order valence-electron chi connectivity index (χ0n) is 19.1. The summed E-state index contributed by atoms with van der Waals surface area (Å²) < 4.78 is 18.7. The van der Waals surface area contributed by atoms with Gasteiger partial charge >= 0.3 is 5.97 Å². The number of benzene rings is 1. The average Bonchev–Trinajstić information content (AvgIpc) is 3.11. The highest BCUT2D eigenvalue weighted by Crippen LogP contribution is 2.42. The predicted molar refractivity (Wildman–Crippen MR) is 118 cm³/mol. The van der Waals surface area contributed by atoms with E-state index in [4.69, 9.17) is 13.9 Å². The van der Waals surface area contributed by atoms with Gasteiger partial charge < -0.3 is 19.0 Å². The van der Waals surface area contributed by atoms with E-state index < -0.39 is 26.5 Å². The second-order valence-corrected chi connectivity index (χ2v) is 14.5. The first-order valence-corrected chi connectivity index (χ1v) is 13.5. The lowest BCUT2D eigenvalue weighted by molar-refractivity contribution is -0.145. The lowest BCUT2D eigenvalue weighted by Crippen LogP contribution is -2.45. The highest BCUT2D eigenvalue weighted by molar-refractivity contribution is 6.74. The summed E-state index contributed by atoms with van der Waals surface area (Å²) in [5, 5.41) is 9.61. The van der Waals surface area contributed by atoms with Gasteiger partial charge in [-0.15, -0.1) is 0 Å². The Hall–Kier alpha value is -1.37. The van der Waals surface area contributed by atoms with Crippen LogP contribution in [0.15, 0.2) is 18.2 Å². The monoisotopic (exact) mass is 422 g/mol. The maximum atomic E-state index is 11.7. The molecule has 5 nitrogen and oxygen atoms in total. The minimum absolute atomic E-state index is 0.00116. The van der Waals surface area contributed by atoms with Crippen molar-refractivity contribution in [3.8, 4) is 5.75 Å². The summed E-state index contributed by atoms with van der Waals surface area (Å²) in [4.78, 5) is 11.7. The molecule has 1 N–H and O–H groups in total. The number of carboxylic acid groups (broad SMARTS) is 1. The summed E-state index contributed by atoms with van der Waals surface area (Å²) in [7, 11) is -0.523. The molecule has 0 bridgehead atoms. The Balaban J connectivity index is 2.45. The van der Waals surface area contributed by atoms with Gasteiger partial charge in [0.2, 0.25) is 0 Å². The first-order chi connectivity index (χ1) is 13.4. The third-order valence-corrected chi connectivity index (χ3v) is 10.8. The van der Waals surface area contributed by atoms with E-state index in [0.29, 0.717) is 0 Å². The number of aryl methyl sites for hydroxylation is 1. The van der Waals surface area contributed by atoms with Crippen LogP contribution in [0.4, 0.5) is 0 Å². The van der Waals surface area contributed by atoms with Gasteiger partial charge in [-0.2, -0.15) is 0 Å². The zero-order valence-corrected chi connectivity index (χ0v) is 20.1. The highest BCUT2D eigenvalue weighted by Gasteiger charge is 2.42. The largest absolute Gasteiger partial charge is 0.496 e. The van der Waals surface area contributed by atoms with Crippen molar-refractivity contribution in [3.05, 3.63) is 29.3 Å². The Kier molecular flexibility index (Phi) is 7.93. The normalized spacial score (nSPS) is 17.9. The minimum atomic E-state index is -2.18. The van der Waals surface area contributed by atoms with Crippen LogP contribution in [0.5, 0.6) is 5.75 Å². The van der Waals surface area contributed by atoms with Crippen LogP contribution in [0.2, 0.25) is 18.1 Å². The Morgan fingerprint density at radius 1 is 1.24 bits per heavy atom. The number of methoxy groups -OCH3 is 1. The van der Waals surface area contributed by atoms with Crippen LogP contribution in [0.1, 0.15) is 70.1 Å². The molecule has 0 aliphatic heterocycles. The van der Waals surface area contributed by atoms with E-state index in [-0.39, 0.29) is 17.6 Å². The Morgan fingerprint density at radius 3 is 2.38 bits per heavy atom.